The molecule has 1 aromatic rings. The van der Waals surface area contributed by atoms with Crippen molar-refractivity contribution in [1.82, 2.24) is 5.32 Å². The van der Waals surface area contributed by atoms with Gasteiger partial charge in [-0.3, -0.25) is 4.79 Å². The van der Waals surface area contributed by atoms with E-state index in [9.17, 15) is 4.79 Å². The SMILES string of the molecule is C=CC(=O)NC(C)(C)c1cc(B2OC(C)(C)C(C)(C)O2)ccc1Cl. The lowest BCUT2D eigenvalue weighted by Gasteiger charge is -2.32. The molecule has 0 unspecified atom stereocenters. The third-order valence-electron chi connectivity index (χ3n) is 4.81. The van der Waals surface area contributed by atoms with Crippen molar-refractivity contribution in [2.45, 2.75) is 58.3 Å². The van der Waals surface area contributed by atoms with Crippen LogP contribution in [0.4, 0.5) is 0 Å². The number of rotatable bonds is 4. The molecular weight excluding hydrogens is 324 g/mol. The Morgan fingerprint density at radius 3 is 2.29 bits per heavy atom. The predicted molar refractivity (Wildman–Crippen MR) is 98.5 cm³/mol. The van der Waals surface area contributed by atoms with Gasteiger partial charge in [0.05, 0.1) is 16.7 Å². The highest BCUT2D eigenvalue weighted by molar-refractivity contribution is 6.62. The topological polar surface area (TPSA) is 47.6 Å². The summed E-state index contributed by atoms with van der Waals surface area (Å²) in [7, 11) is -0.475. The molecule has 2 rings (SSSR count). The summed E-state index contributed by atoms with van der Waals surface area (Å²) in [6.45, 7) is 15.3. The second-order valence-corrected chi connectivity index (χ2v) is 8.05. The van der Waals surface area contributed by atoms with Crippen molar-refractivity contribution in [3.05, 3.63) is 41.4 Å². The Morgan fingerprint density at radius 2 is 1.79 bits per heavy atom. The van der Waals surface area contributed by atoms with Gasteiger partial charge in [0.2, 0.25) is 5.91 Å². The minimum atomic E-state index is -0.651. The first-order chi connectivity index (χ1) is 10.9. The van der Waals surface area contributed by atoms with Crippen molar-refractivity contribution in [1.29, 1.82) is 0 Å². The molecule has 0 radical (unpaired) electrons. The van der Waals surface area contributed by atoms with Gasteiger partial charge in [0.15, 0.2) is 0 Å². The standard InChI is InChI=1S/C18H25BClNO3/c1-8-15(22)21-16(2,3)13-11-12(9-10-14(13)20)19-23-17(4,5)18(6,7)24-19/h8-11H,1H2,2-7H3,(H,21,22). The van der Waals surface area contributed by atoms with E-state index in [0.29, 0.717) is 5.02 Å². The summed E-state index contributed by atoms with van der Waals surface area (Å²) in [5.74, 6) is -0.253. The minimum absolute atomic E-state index is 0.253. The monoisotopic (exact) mass is 349 g/mol. The van der Waals surface area contributed by atoms with Gasteiger partial charge in [0.1, 0.15) is 0 Å². The number of amides is 1. The van der Waals surface area contributed by atoms with Gasteiger partial charge in [-0.25, -0.2) is 0 Å². The van der Waals surface area contributed by atoms with Crippen LogP contribution >= 0.6 is 11.6 Å². The van der Waals surface area contributed by atoms with Crippen LogP contribution in [0.25, 0.3) is 0 Å². The number of hydrogen-bond acceptors (Lipinski definition) is 3. The fraction of sp³-hybridized carbons (Fsp3) is 0.500. The summed E-state index contributed by atoms with van der Waals surface area (Å²) in [4.78, 5) is 11.7. The molecule has 6 heteroatoms. The predicted octanol–water partition coefficient (Wildman–Crippen LogP) is 3.18. The van der Waals surface area contributed by atoms with E-state index >= 15 is 0 Å². The zero-order valence-electron chi connectivity index (χ0n) is 15.2. The fourth-order valence-electron chi connectivity index (χ4n) is 2.57. The first-order valence-corrected chi connectivity index (χ1v) is 8.37. The van der Waals surface area contributed by atoms with Gasteiger partial charge in [-0.05, 0) is 64.7 Å². The summed E-state index contributed by atoms with van der Waals surface area (Å²) in [5, 5.41) is 3.46. The van der Waals surface area contributed by atoms with Crippen LogP contribution in [0.1, 0.15) is 47.1 Å². The summed E-state index contributed by atoms with van der Waals surface area (Å²) >= 11 is 6.37. The molecule has 130 valence electrons. The zero-order chi connectivity index (χ0) is 18.3. The molecule has 1 saturated heterocycles. The van der Waals surface area contributed by atoms with E-state index in [0.717, 1.165) is 11.0 Å². The molecule has 0 aromatic heterocycles. The van der Waals surface area contributed by atoms with Crippen LogP contribution in [-0.2, 0) is 19.6 Å². The van der Waals surface area contributed by atoms with Crippen molar-refractivity contribution in [3.63, 3.8) is 0 Å². The third-order valence-corrected chi connectivity index (χ3v) is 5.14. The van der Waals surface area contributed by atoms with Crippen LogP contribution in [0.15, 0.2) is 30.9 Å². The van der Waals surface area contributed by atoms with E-state index < -0.39 is 23.9 Å². The van der Waals surface area contributed by atoms with Gasteiger partial charge in [-0.1, -0.05) is 30.3 Å². The molecule has 1 aliphatic heterocycles. The normalized spacial score (nSPS) is 19.2. The van der Waals surface area contributed by atoms with Crippen molar-refractivity contribution in [2.24, 2.45) is 0 Å². The number of nitrogens with one attached hydrogen (secondary N) is 1. The van der Waals surface area contributed by atoms with Gasteiger partial charge >= 0.3 is 7.12 Å². The zero-order valence-corrected chi connectivity index (χ0v) is 16.0. The highest BCUT2D eigenvalue weighted by atomic mass is 35.5. The van der Waals surface area contributed by atoms with Crippen molar-refractivity contribution in [2.75, 3.05) is 0 Å². The largest absolute Gasteiger partial charge is 0.494 e. The van der Waals surface area contributed by atoms with Crippen LogP contribution < -0.4 is 10.8 Å². The maximum absolute atomic E-state index is 11.7. The third kappa shape index (κ3) is 3.53. The van der Waals surface area contributed by atoms with Crippen LogP contribution in [0.2, 0.25) is 5.02 Å². The van der Waals surface area contributed by atoms with Crippen LogP contribution in [-0.4, -0.2) is 24.2 Å². The fourth-order valence-corrected chi connectivity index (χ4v) is 2.93. The lowest BCUT2D eigenvalue weighted by Crippen LogP contribution is -2.42. The van der Waals surface area contributed by atoms with Crippen molar-refractivity contribution in [3.8, 4) is 0 Å². The molecule has 1 heterocycles. The maximum atomic E-state index is 11.7. The second-order valence-electron chi connectivity index (χ2n) is 7.65. The van der Waals surface area contributed by atoms with E-state index in [1.54, 1.807) is 6.07 Å². The number of carbonyl (C=O) groups excluding carboxylic acids is 1. The molecule has 1 amide bonds. The summed E-state index contributed by atoms with van der Waals surface area (Å²) in [6.07, 6.45) is 1.24. The lowest BCUT2D eigenvalue weighted by atomic mass is 9.76. The van der Waals surface area contributed by atoms with Gasteiger partial charge in [-0.2, -0.15) is 0 Å². The van der Waals surface area contributed by atoms with Gasteiger partial charge in [0, 0.05) is 5.02 Å². The van der Waals surface area contributed by atoms with Crippen molar-refractivity contribution < 1.29 is 14.1 Å². The second kappa shape index (κ2) is 6.21. The molecule has 0 saturated carbocycles. The first kappa shape index (κ1) is 19.0. The van der Waals surface area contributed by atoms with Gasteiger partial charge in [-0.15, -0.1) is 0 Å². The quantitative estimate of drug-likeness (QED) is 0.671. The molecule has 4 nitrogen and oxygen atoms in total. The van der Waals surface area contributed by atoms with E-state index in [2.05, 4.69) is 11.9 Å². The molecule has 1 aliphatic rings. The maximum Gasteiger partial charge on any atom is 0.494 e. The molecule has 1 N–H and O–H groups in total. The Morgan fingerprint density at radius 1 is 1.25 bits per heavy atom. The van der Waals surface area contributed by atoms with E-state index in [1.807, 2.05) is 53.7 Å². The smallest absolute Gasteiger partial charge is 0.399 e. The van der Waals surface area contributed by atoms with E-state index in [1.165, 1.54) is 6.08 Å². The first-order valence-electron chi connectivity index (χ1n) is 8.00. The summed E-state index contributed by atoms with van der Waals surface area (Å²) < 4.78 is 12.2. The van der Waals surface area contributed by atoms with Crippen LogP contribution in [0.3, 0.4) is 0 Å². The summed E-state index contributed by atoms with van der Waals surface area (Å²) in [6, 6.07) is 5.62. The Kier molecular flexibility index (Phi) is 4.93. The van der Waals surface area contributed by atoms with Crippen LogP contribution in [0, 0.1) is 0 Å². The average molecular weight is 350 g/mol. The molecule has 0 spiro atoms. The Balaban J connectivity index is 2.36. The molecular formula is C18H25BClNO3. The Bertz CT molecular complexity index is 654. The highest BCUT2D eigenvalue weighted by Crippen LogP contribution is 2.37. The molecule has 0 bridgehead atoms. The molecule has 24 heavy (non-hydrogen) atoms. The molecule has 1 aromatic carbocycles. The van der Waals surface area contributed by atoms with Crippen molar-refractivity contribution >= 4 is 30.1 Å². The van der Waals surface area contributed by atoms with Gasteiger partial charge in [0.25, 0.3) is 0 Å². The number of carbonyl (C=O) groups is 1. The molecule has 0 atom stereocenters. The van der Waals surface area contributed by atoms with Gasteiger partial charge < -0.3 is 14.6 Å². The number of halogens is 1. The molecule has 0 aliphatic carbocycles. The average Bonchev–Trinajstić information content (AvgIpc) is 2.67. The van der Waals surface area contributed by atoms with E-state index in [-0.39, 0.29) is 5.91 Å². The number of benzene rings is 1. The lowest BCUT2D eigenvalue weighted by molar-refractivity contribution is -0.118. The highest BCUT2D eigenvalue weighted by Gasteiger charge is 2.51. The number of hydrogen-bond donors (Lipinski definition) is 1. The summed E-state index contributed by atoms with van der Waals surface area (Å²) in [5.41, 5.74) is 0.191. The van der Waals surface area contributed by atoms with Crippen LogP contribution in [0.5, 0.6) is 0 Å². The Labute approximate surface area is 149 Å². The molecule has 1 fully saturated rings. The minimum Gasteiger partial charge on any atom is -0.399 e. The Hall–Kier alpha value is -1.30. The van der Waals surface area contributed by atoms with E-state index in [4.69, 9.17) is 20.9 Å².